The van der Waals surface area contributed by atoms with Crippen molar-refractivity contribution in [1.82, 2.24) is 9.21 Å². The van der Waals surface area contributed by atoms with Crippen molar-refractivity contribution in [2.75, 3.05) is 26.2 Å². The van der Waals surface area contributed by atoms with Gasteiger partial charge in [0.25, 0.3) is 10.0 Å². The number of hydrogen-bond acceptors (Lipinski definition) is 4. The van der Waals surface area contributed by atoms with Crippen LogP contribution in [-0.4, -0.2) is 43.8 Å². The van der Waals surface area contributed by atoms with Crippen molar-refractivity contribution in [2.45, 2.75) is 38.4 Å². The van der Waals surface area contributed by atoms with Crippen LogP contribution in [0.1, 0.15) is 27.1 Å². The summed E-state index contributed by atoms with van der Waals surface area (Å²) in [5.74, 6) is 0. The molecule has 2 heterocycles. The second-order valence-corrected chi connectivity index (χ2v) is 10.4. The molecule has 0 N–H and O–H groups in total. The second kappa shape index (κ2) is 7.19. The molecule has 0 spiro atoms. The molecule has 4 nitrogen and oxygen atoms in total. The van der Waals surface area contributed by atoms with Crippen molar-refractivity contribution in [1.29, 1.82) is 0 Å². The van der Waals surface area contributed by atoms with Gasteiger partial charge in [0.2, 0.25) is 0 Å². The molecule has 0 atom stereocenters. The quantitative estimate of drug-likeness (QED) is 0.818. The van der Waals surface area contributed by atoms with Crippen LogP contribution in [0.5, 0.6) is 0 Å². The molecule has 0 aliphatic carbocycles. The van der Waals surface area contributed by atoms with E-state index >= 15 is 0 Å². The summed E-state index contributed by atoms with van der Waals surface area (Å²) in [4.78, 5) is 3.39. The summed E-state index contributed by atoms with van der Waals surface area (Å²) in [6.45, 7) is 11.9. The zero-order chi connectivity index (χ0) is 18.2. The fourth-order valence-corrected chi connectivity index (χ4v) is 6.35. The number of hydrogen-bond donors (Lipinski definition) is 0. The number of nitrogens with zero attached hydrogens (tertiary/aromatic N) is 2. The van der Waals surface area contributed by atoms with Gasteiger partial charge in [0.05, 0.1) is 0 Å². The zero-order valence-electron chi connectivity index (χ0n) is 15.4. The number of benzene rings is 1. The second-order valence-electron chi connectivity index (χ2n) is 6.92. The van der Waals surface area contributed by atoms with Gasteiger partial charge in [-0.3, -0.25) is 4.90 Å². The first kappa shape index (κ1) is 18.6. The molecule has 25 heavy (non-hydrogen) atoms. The van der Waals surface area contributed by atoms with E-state index in [1.54, 1.807) is 10.4 Å². The zero-order valence-corrected chi connectivity index (χ0v) is 17.0. The highest BCUT2D eigenvalue weighted by atomic mass is 32.2. The first-order chi connectivity index (χ1) is 11.8. The smallest absolute Gasteiger partial charge is 0.252 e. The Bertz CT molecular complexity index is 840. The Morgan fingerprint density at radius 1 is 0.960 bits per heavy atom. The first-order valence-electron chi connectivity index (χ1n) is 8.63. The molecule has 0 radical (unpaired) electrons. The monoisotopic (exact) mass is 378 g/mol. The topological polar surface area (TPSA) is 40.6 Å². The van der Waals surface area contributed by atoms with E-state index in [1.165, 1.54) is 33.6 Å². The summed E-state index contributed by atoms with van der Waals surface area (Å²) in [5.41, 5.74) is 5.31. The lowest BCUT2D eigenvalue weighted by atomic mass is 9.99. The molecule has 1 fully saturated rings. The summed E-state index contributed by atoms with van der Waals surface area (Å²) in [7, 11) is -3.33. The fraction of sp³-hybridized carbons (Fsp3) is 0.474. The van der Waals surface area contributed by atoms with Crippen molar-refractivity contribution < 1.29 is 8.42 Å². The molecule has 1 aliphatic rings. The van der Waals surface area contributed by atoms with Gasteiger partial charge < -0.3 is 0 Å². The third kappa shape index (κ3) is 3.97. The van der Waals surface area contributed by atoms with Gasteiger partial charge in [-0.15, -0.1) is 11.3 Å². The minimum atomic E-state index is -3.33. The molecule has 6 heteroatoms. The normalized spacial score (nSPS) is 17.1. The van der Waals surface area contributed by atoms with Crippen LogP contribution in [0.25, 0.3) is 0 Å². The third-order valence-corrected chi connectivity index (χ3v) is 8.23. The highest BCUT2D eigenvalue weighted by molar-refractivity contribution is 7.91. The van der Waals surface area contributed by atoms with E-state index in [0.29, 0.717) is 17.3 Å². The lowest BCUT2D eigenvalue weighted by Gasteiger charge is -2.34. The molecule has 3 rings (SSSR count). The molecule has 1 aromatic heterocycles. The molecule has 0 amide bonds. The standard InChI is InChI=1S/C19H26N2O2S2/c1-14-11-15(2)18(16(3)12-14)13-20-7-9-21(10-8-20)25(22,23)19-6-5-17(4)24-19/h5-6,11-12H,7-10,13H2,1-4H3. The van der Waals surface area contributed by atoms with Crippen molar-refractivity contribution in [2.24, 2.45) is 0 Å². The number of sulfonamides is 1. The van der Waals surface area contributed by atoms with E-state index in [1.807, 2.05) is 13.0 Å². The van der Waals surface area contributed by atoms with Gasteiger partial charge in [0.15, 0.2) is 0 Å². The van der Waals surface area contributed by atoms with Crippen LogP contribution < -0.4 is 0 Å². The van der Waals surface area contributed by atoms with Crippen LogP contribution >= 0.6 is 11.3 Å². The van der Waals surface area contributed by atoms with Crippen molar-refractivity contribution in [3.8, 4) is 0 Å². The van der Waals surface area contributed by atoms with Gasteiger partial charge in [0, 0.05) is 37.6 Å². The van der Waals surface area contributed by atoms with E-state index < -0.39 is 10.0 Å². The Morgan fingerprint density at radius 3 is 2.08 bits per heavy atom. The van der Waals surface area contributed by atoms with Gasteiger partial charge >= 0.3 is 0 Å². The minimum Gasteiger partial charge on any atom is -0.296 e. The Balaban J connectivity index is 1.66. The van der Waals surface area contributed by atoms with Crippen molar-refractivity contribution in [3.63, 3.8) is 0 Å². The summed E-state index contributed by atoms with van der Waals surface area (Å²) in [6, 6.07) is 8.04. The minimum absolute atomic E-state index is 0.462. The van der Waals surface area contributed by atoms with Crippen LogP contribution in [0.3, 0.4) is 0 Å². The van der Waals surface area contributed by atoms with Crippen LogP contribution in [0.2, 0.25) is 0 Å². The molecule has 136 valence electrons. The van der Waals surface area contributed by atoms with Crippen LogP contribution in [0, 0.1) is 27.7 Å². The summed E-state index contributed by atoms with van der Waals surface area (Å²) < 4.78 is 27.5. The number of aryl methyl sites for hydroxylation is 4. The van der Waals surface area contributed by atoms with E-state index in [2.05, 4.69) is 37.8 Å². The lowest BCUT2D eigenvalue weighted by Crippen LogP contribution is -2.48. The maximum Gasteiger partial charge on any atom is 0.252 e. The van der Waals surface area contributed by atoms with Crippen LogP contribution in [0.4, 0.5) is 0 Å². The van der Waals surface area contributed by atoms with Gasteiger partial charge in [-0.2, -0.15) is 4.31 Å². The van der Waals surface area contributed by atoms with Crippen molar-refractivity contribution in [3.05, 3.63) is 51.4 Å². The Kier molecular flexibility index (Phi) is 5.34. The average Bonchev–Trinajstić information content (AvgIpc) is 2.99. The third-order valence-electron chi connectivity index (χ3n) is 4.86. The van der Waals surface area contributed by atoms with Gasteiger partial charge in [-0.1, -0.05) is 17.7 Å². The Labute approximate surface area is 155 Å². The Morgan fingerprint density at radius 2 is 1.56 bits per heavy atom. The van der Waals surface area contributed by atoms with Crippen molar-refractivity contribution >= 4 is 21.4 Å². The average molecular weight is 379 g/mol. The van der Waals surface area contributed by atoms with E-state index in [4.69, 9.17) is 0 Å². The largest absolute Gasteiger partial charge is 0.296 e. The van der Waals surface area contributed by atoms with Gasteiger partial charge in [-0.05, 0) is 56.5 Å². The summed E-state index contributed by atoms with van der Waals surface area (Å²) in [5, 5.41) is 0. The number of rotatable bonds is 4. The molecular weight excluding hydrogens is 352 g/mol. The maximum atomic E-state index is 12.7. The summed E-state index contributed by atoms with van der Waals surface area (Å²) in [6.07, 6.45) is 0. The SMILES string of the molecule is Cc1cc(C)c(CN2CCN(S(=O)(=O)c3ccc(C)s3)CC2)c(C)c1. The first-order valence-corrected chi connectivity index (χ1v) is 10.9. The molecule has 2 aromatic rings. The lowest BCUT2D eigenvalue weighted by molar-refractivity contribution is 0.181. The van der Waals surface area contributed by atoms with E-state index in [-0.39, 0.29) is 0 Å². The van der Waals surface area contributed by atoms with E-state index in [0.717, 1.165) is 24.5 Å². The molecule has 1 saturated heterocycles. The van der Waals surface area contributed by atoms with Gasteiger partial charge in [-0.25, -0.2) is 8.42 Å². The molecule has 0 unspecified atom stereocenters. The predicted molar refractivity (Wildman–Crippen MR) is 104 cm³/mol. The molecular formula is C19H26N2O2S2. The Hall–Kier alpha value is -1.21. The van der Waals surface area contributed by atoms with E-state index in [9.17, 15) is 8.42 Å². The maximum absolute atomic E-state index is 12.7. The molecule has 0 bridgehead atoms. The molecule has 1 aromatic carbocycles. The predicted octanol–water partition coefficient (Wildman–Crippen LogP) is 3.49. The fourth-order valence-electron chi connectivity index (χ4n) is 3.49. The van der Waals surface area contributed by atoms with Gasteiger partial charge in [0.1, 0.15) is 4.21 Å². The number of thiophene rings is 1. The van der Waals surface area contributed by atoms with Crippen LogP contribution in [0.15, 0.2) is 28.5 Å². The molecule has 0 saturated carbocycles. The summed E-state index contributed by atoms with van der Waals surface area (Å²) >= 11 is 1.35. The van der Waals surface area contributed by atoms with Crippen LogP contribution in [-0.2, 0) is 16.6 Å². The number of piperazine rings is 1. The highest BCUT2D eigenvalue weighted by Crippen LogP contribution is 2.26. The highest BCUT2D eigenvalue weighted by Gasteiger charge is 2.29. The molecule has 1 aliphatic heterocycles.